The SMILES string of the molecule is COC(=O)NCC(=O)N1CCC[C@H]1c1ncc(-c2ccc(-c3ccc(-c4cnc([C@@H]5CC6(CCC6)ON5C(=O)CNC(=O)OC)[nH]4)cc3)cc2)[nH]1. The van der Waals surface area contributed by atoms with Gasteiger partial charge in [0.1, 0.15) is 30.8 Å². The molecule has 4 heterocycles. The van der Waals surface area contributed by atoms with Crippen molar-refractivity contribution in [2.24, 2.45) is 0 Å². The van der Waals surface area contributed by atoms with Gasteiger partial charge in [0.25, 0.3) is 5.91 Å². The summed E-state index contributed by atoms with van der Waals surface area (Å²) < 4.78 is 9.16. The van der Waals surface area contributed by atoms with E-state index >= 15 is 0 Å². The van der Waals surface area contributed by atoms with Crippen LogP contribution in [-0.2, 0) is 23.9 Å². The molecule has 0 radical (unpaired) electrons. The van der Waals surface area contributed by atoms with Crippen LogP contribution in [0.4, 0.5) is 9.59 Å². The maximum atomic E-state index is 13.0. The molecular formula is C36H40N8O7. The molecule has 2 aromatic carbocycles. The highest BCUT2D eigenvalue weighted by atomic mass is 16.7. The van der Waals surface area contributed by atoms with E-state index in [-0.39, 0.29) is 36.5 Å². The third-order valence-corrected chi connectivity index (χ3v) is 9.91. The number of carbonyl (C=O) groups excluding carboxylic acids is 4. The van der Waals surface area contributed by atoms with Gasteiger partial charge in [-0.25, -0.2) is 24.6 Å². The second-order valence-electron chi connectivity index (χ2n) is 13.0. The van der Waals surface area contributed by atoms with Crippen molar-refractivity contribution in [3.05, 3.63) is 72.6 Å². The molecule has 4 aromatic rings. The van der Waals surface area contributed by atoms with E-state index in [1.165, 1.54) is 19.3 Å². The number of amides is 4. The van der Waals surface area contributed by atoms with Crippen molar-refractivity contribution in [3.63, 3.8) is 0 Å². The number of hydroxylamine groups is 2. The van der Waals surface area contributed by atoms with Gasteiger partial charge in [-0.3, -0.25) is 14.4 Å². The van der Waals surface area contributed by atoms with E-state index in [1.54, 1.807) is 17.3 Å². The zero-order valence-corrected chi connectivity index (χ0v) is 28.4. The average Bonchev–Trinajstić information content (AvgIpc) is 3.98. The smallest absolute Gasteiger partial charge is 0.407 e. The van der Waals surface area contributed by atoms with Crippen LogP contribution in [0.2, 0.25) is 0 Å². The highest BCUT2D eigenvalue weighted by molar-refractivity contribution is 5.83. The Morgan fingerprint density at radius 3 is 1.78 bits per heavy atom. The molecule has 0 unspecified atom stereocenters. The number of carbonyl (C=O) groups is 4. The zero-order valence-electron chi connectivity index (χ0n) is 28.4. The Bertz CT molecular complexity index is 1900. The van der Waals surface area contributed by atoms with Gasteiger partial charge in [0.2, 0.25) is 5.91 Å². The van der Waals surface area contributed by atoms with Gasteiger partial charge in [-0.1, -0.05) is 48.5 Å². The molecule has 1 aliphatic carbocycles. The molecule has 1 saturated carbocycles. The fourth-order valence-corrected chi connectivity index (χ4v) is 7.00. The van der Waals surface area contributed by atoms with Gasteiger partial charge in [-0.2, -0.15) is 0 Å². The van der Waals surface area contributed by atoms with Crippen LogP contribution < -0.4 is 10.6 Å². The van der Waals surface area contributed by atoms with Crippen LogP contribution in [0, 0.1) is 0 Å². The van der Waals surface area contributed by atoms with Crippen LogP contribution in [0.5, 0.6) is 0 Å². The monoisotopic (exact) mass is 696 g/mol. The zero-order chi connectivity index (χ0) is 35.5. The number of methoxy groups -OCH3 is 2. The van der Waals surface area contributed by atoms with Gasteiger partial charge < -0.3 is 35.0 Å². The first-order valence-corrected chi connectivity index (χ1v) is 17.0. The molecule has 15 heteroatoms. The van der Waals surface area contributed by atoms with E-state index in [0.29, 0.717) is 24.6 Å². The van der Waals surface area contributed by atoms with Crippen LogP contribution in [0.15, 0.2) is 60.9 Å². The first-order chi connectivity index (χ1) is 24.8. The van der Waals surface area contributed by atoms with E-state index in [1.807, 2.05) is 24.3 Å². The standard InChI is InChI=1S/C36H40N8O7/c1-49-34(47)39-20-30(45)43-16-3-5-28(43)32-37-18-26(41-32)24-10-6-22(7-11-24)23-8-12-25(13-9-23)27-19-38-33(42-27)29-17-36(14-4-15-36)51-44(29)31(46)21-40-35(48)50-2/h6-13,18-19,28-29H,3-5,14-17,20-21H2,1-2H3,(H,37,41)(H,38,42)(H,39,47)(H,40,48)/t28-,29-/m0/s1. The summed E-state index contributed by atoms with van der Waals surface area (Å²) in [6.45, 7) is 0.238. The maximum absolute atomic E-state index is 13.0. The van der Waals surface area contributed by atoms with Crippen LogP contribution in [-0.4, -0.2) is 93.4 Å². The normalized spacial score (nSPS) is 19.1. The number of H-pyrrole nitrogens is 2. The summed E-state index contributed by atoms with van der Waals surface area (Å²) in [6.07, 6.45) is 7.28. The molecule has 7 rings (SSSR count). The van der Waals surface area contributed by atoms with Crippen molar-refractivity contribution in [2.75, 3.05) is 33.9 Å². The number of hydrogen-bond acceptors (Lipinski definition) is 9. The Balaban J connectivity index is 0.998. The van der Waals surface area contributed by atoms with E-state index in [9.17, 15) is 19.2 Å². The fourth-order valence-electron chi connectivity index (χ4n) is 7.00. The number of rotatable bonds is 9. The maximum Gasteiger partial charge on any atom is 0.407 e. The molecule has 4 amide bonds. The average molecular weight is 697 g/mol. The van der Waals surface area contributed by atoms with Gasteiger partial charge in [-0.05, 0) is 54.4 Å². The summed E-state index contributed by atoms with van der Waals surface area (Å²) in [5.74, 6) is 0.798. The molecule has 3 aliphatic rings. The summed E-state index contributed by atoms with van der Waals surface area (Å²) in [5, 5.41) is 6.25. The van der Waals surface area contributed by atoms with E-state index < -0.39 is 18.2 Å². The topological polar surface area (TPSA) is 184 Å². The van der Waals surface area contributed by atoms with Crippen molar-refractivity contribution in [1.82, 2.24) is 40.5 Å². The van der Waals surface area contributed by atoms with E-state index in [4.69, 9.17) is 4.84 Å². The molecule has 2 aromatic heterocycles. The third-order valence-electron chi connectivity index (χ3n) is 9.91. The lowest BCUT2D eigenvalue weighted by Crippen LogP contribution is -2.42. The molecule has 0 bridgehead atoms. The first-order valence-electron chi connectivity index (χ1n) is 17.0. The van der Waals surface area contributed by atoms with Gasteiger partial charge in [-0.15, -0.1) is 0 Å². The van der Waals surface area contributed by atoms with Gasteiger partial charge in [0.15, 0.2) is 0 Å². The molecule has 2 aliphatic heterocycles. The van der Waals surface area contributed by atoms with Gasteiger partial charge >= 0.3 is 12.2 Å². The summed E-state index contributed by atoms with van der Waals surface area (Å²) >= 11 is 0. The van der Waals surface area contributed by atoms with Crippen molar-refractivity contribution >= 4 is 24.0 Å². The minimum Gasteiger partial charge on any atom is -0.453 e. The van der Waals surface area contributed by atoms with Crippen LogP contribution in [0.1, 0.15) is 62.3 Å². The second-order valence-corrected chi connectivity index (χ2v) is 13.0. The highest BCUT2D eigenvalue weighted by Crippen LogP contribution is 2.50. The minimum atomic E-state index is -0.681. The Labute approximate surface area is 294 Å². The summed E-state index contributed by atoms with van der Waals surface area (Å²) in [7, 11) is 2.51. The number of hydrogen-bond donors (Lipinski definition) is 4. The fraction of sp³-hybridized carbons (Fsp3) is 0.389. The predicted octanol–water partition coefficient (Wildman–Crippen LogP) is 4.64. The van der Waals surface area contributed by atoms with Crippen LogP contribution >= 0.6 is 0 Å². The van der Waals surface area contributed by atoms with Crippen molar-refractivity contribution < 1.29 is 33.5 Å². The van der Waals surface area contributed by atoms with Crippen molar-refractivity contribution in [1.29, 1.82) is 0 Å². The molecule has 1 spiro atoms. The Kier molecular flexibility index (Phi) is 9.45. The Morgan fingerprint density at radius 2 is 1.27 bits per heavy atom. The molecule has 4 N–H and O–H groups in total. The molecule has 51 heavy (non-hydrogen) atoms. The molecule has 3 fully saturated rings. The molecule has 2 saturated heterocycles. The summed E-state index contributed by atoms with van der Waals surface area (Å²) in [4.78, 5) is 72.6. The molecule has 15 nitrogen and oxygen atoms in total. The van der Waals surface area contributed by atoms with E-state index in [2.05, 4.69) is 64.3 Å². The molecular weight excluding hydrogens is 656 g/mol. The van der Waals surface area contributed by atoms with Gasteiger partial charge in [0.05, 0.1) is 49.6 Å². The summed E-state index contributed by atoms with van der Waals surface area (Å²) in [5.41, 5.74) is 5.30. The number of aromatic amines is 2. The Morgan fingerprint density at radius 1 is 0.765 bits per heavy atom. The number of nitrogens with one attached hydrogen (secondary N) is 4. The number of alkyl carbamates (subject to hydrolysis) is 2. The number of benzene rings is 2. The minimum absolute atomic E-state index is 0.127. The van der Waals surface area contributed by atoms with Crippen molar-refractivity contribution in [3.8, 4) is 33.6 Å². The van der Waals surface area contributed by atoms with Crippen molar-refractivity contribution in [2.45, 2.75) is 56.2 Å². The predicted molar refractivity (Wildman–Crippen MR) is 183 cm³/mol. The first kappa shape index (κ1) is 33.8. The largest absolute Gasteiger partial charge is 0.453 e. The quantitative estimate of drug-likeness (QED) is 0.194. The lowest BCUT2D eigenvalue weighted by molar-refractivity contribution is -0.227. The highest BCUT2D eigenvalue weighted by Gasteiger charge is 2.52. The number of imidazole rings is 2. The third kappa shape index (κ3) is 7.01. The lowest BCUT2D eigenvalue weighted by atomic mass is 9.77. The lowest BCUT2D eigenvalue weighted by Gasteiger charge is -2.36. The number of aromatic nitrogens is 4. The van der Waals surface area contributed by atoms with Gasteiger partial charge in [0, 0.05) is 13.0 Å². The van der Waals surface area contributed by atoms with Crippen LogP contribution in [0.25, 0.3) is 33.6 Å². The number of likely N-dealkylation sites (tertiary alicyclic amines) is 1. The second kappa shape index (κ2) is 14.3. The molecule has 266 valence electrons. The summed E-state index contributed by atoms with van der Waals surface area (Å²) in [6, 6.07) is 15.8. The van der Waals surface area contributed by atoms with Crippen LogP contribution in [0.3, 0.4) is 0 Å². The van der Waals surface area contributed by atoms with E-state index in [0.717, 1.165) is 65.7 Å². The Hall–Kier alpha value is -5.70. The molecule has 2 atom stereocenters. The number of ether oxygens (including phenoxy) is 2. The number of nitrogens with zero attached hydrogens (tertiary/aromatic N) is 4.